The minimum absolute atomic E-state index is 0.616. The first-order valence-electron chi connectivity index (χ1n) is 7.06. The molecule has 0 unspecified atom stereocenters. The number of aryl methyl sites for hydroxylation is 1. The molecule has 0 radical (unpaired) electrons. The Morgan fingerprint density at radius 1 is 1.27 bits per heavy atom. The number of nitrogens with one attached hydrogen (secondary N) is 2. The number of aromatic nitrogens is 2. The van der Waals surface area contributed by atoms with Gasteiger partial charge in [-0.15, -0.1) is 11.3 Å². The zero-order valence-electron chi connectivity index (χ0n) is 13.1. The Kier molecular flexibility index (Phi) is 6.14. The first-order valence-corrected chi connectivity index (χ1v) is 7.87. The third kappa shape index (κ3) is 5.00. The van der Waals surface area contributed by atoms with Crippen molar-refractivity contribution in [2.45, 2.75) is 19.9 Å². The lowest BCUT2D eigenvalue weighted by molar-refractivity contribution is 0.397. The van der Waals surface area contributed by atoms with Crippen molar-refractivity contribution in [2.75, 3.05) is 20.7 Å². The average Bonchev–Trinajstić information content (AvgIpc) is 2.96. The molecule has 2 heterocycles. The molecule has 6 nitrogen and oxygen atoms in total. The maximum Gasteiger partial charge on any atom is 0.212 e. The molecular weight excluding hydrogens is 298 g/mol. The van der Waals surface area contributed by atoms with Crippen LogP contribution in [0.2, 0.25) is 0 Å². The first-order chi connectivity index (χ1) is 10.7. The van der Waals surface area contributed by atoms with Crippen LogP contribution in [0.3, 0.4) is 0 Å². The van der Waals surface area contributed by atoms with E-state index in [2.05, 4.69) is 32.5 Å². The zero-order chi connectivity index (χ0) is 15.8. The summed E-state index contributed by atoms with van der Waals surface area (Å²) in [4.78, 5) is 14.0. The van der Waals surface area contributed by atoms with Crippen molar-refractivity contribution in [1.29, 1.82) is 0 Å². The van der Waals surface area contributed by atoms with E-state index >= 15 is 0 Å². The topological polar surface area (TPSA) is 71.4 Å². The van der Waals surface area contributed by atoms with Gasteiger partial charge < -0.3 is 15.4 Å². The van der Waals surface area contributed by atoms with E-state index in [9.17, 15) is 0 Å². The minimum Gasteiger partial charge on any atom is -0.481 e. The van der Waals surface area contributed by atoms with Crippen molar-refractivity contribution in [3.05, 3.63) is 40.0 Å². The second-order valence-corrected chi connectivity index (χ2v) is 6.00. The molecule has 0 amide bonds. The number of aliphatic imine (C=N–C) groups is 1. The van der Waals surface area contributed by atoms with Gasteiger partial charge in [-0.3, -0.25) is 4.99 Å². The maximum absolute atomic E-state index is 5.04. The van der Waals surface area contributed by atoms with Crippen LogP contribution in [0, 0.1) is 6.92 Å². The molecule has 22 heavy (non-hydrogen) atoms. The first kappa shape index (κ1) is 16.2. The van der Waals surface area contributed by atoms with E-state index in [1.165, 1.54) is 4.88 Å². The summed E-state index contributed by atoms with van der Waals surface area (Å²) in [6.45, 7) is 3.53. The van der Waals surface area contributed by atoms with E-state index < -0.39 is 0 Å². The number of methoxy groups -OCH3 is 1. The molecule has 2 rings (SSSR count). The summed E-state index contributed by atoms with van der Waals surface area (Å²) in [5.41, 5.74) is 1.07. The molecule has 0 saturated heterocycles. The SMILES string of the molecule is CN=C(NCCc1ncc(C)s1)NCc1ccc(OC)nc1. The molecule has 0 atom stereocenters. The fourth-order valence-corrected chi connectivity index (χ4v) is 2.63. The number of rotatable bonds is 6. The van der Waals surface area contributed by atoms with Crippen molar-refractivity contribution >= 4 is 17.3 Å². The monoisotopic (exact) mass is 319 g/mol. The van der Waals surface area contributed by atoms with Crippen LogP contribution < -0.4 is 15.4 Å². The lowest BCUT2D eigenvalue weighted by Gasteiger charge is -2.11. The van der Waals surface area contributed by atoms with E-state index in [0.29, 0.717) is 12.4 Å². The van der Waals surface area contributed by atoms with E-state index in [1.54, 1.807) is 31.7 Å². The summed E-state index contributed by atoms with van der Waals surface area (Å²) < 4.78 is 5.04. The molecule has 0 saturated carbocycles. The van der Waals surface area contributed by atoms with E-state index in [0.717, 1.165) is 29.5 Å². The highest BCUT2D eigenvalue weighted by atomic mass is 32.1. The molecule has 2 aromatic rings. The molecule has 118 valence electrons. The van der Waals surface area contributed by atoms with Crippen molar-refractivity contribution < 1.29 is 4.74 Å². The Labute approximate surface area is 134 Å². The molecular formula is C15H21N5OS. The average molecular weight is 319 g/mol. The van der Waals surface area contributed by atoms with E-state index in [-0.39, 0.29) is 0 Å². The largest absolute Gasteiger partial charge is 0.481 e. The van der Waals surface area contributed by atoms with Gasteiger partial charge in [0.15, 0.2) is 5.96 Å². The van der Waals surface area contributed by atoms with Gasteiger partial charge in [0.2, 0.25) is 5.88 Å². The number of hydrogen-bond acceptors (Lipinski definition) is 5. The van der Waals surface area contributed by atoms with Gasteiger partial charge in [0.1, 0.15) is 0 Å². The van der Waals surface area contributed by atoms with E-state index in [4.69, 9.17) is 4.74 Å². The fourth-order valence-electron chi connectivity index (χ4n) is 1.85. The van der Waals surface area contributed by atoms with Crippen molar-refractivity contribution in [2.24, 2.45) is 4.99 Å². The number of ether oxygens (including phenoxy) is 1. The van der Waals surface area contributed by atoms with Gasteiger partial charge in [-0.1, -0.05) is 6.07 Å². The molecule has 0 aliphatic carbocycles. The predicted molar refractivity (Wildman–Crippen MR) is 89.5 cm³/mol. The van der Waals surface area contributed by atoms with Gasteiger partial charge in [-0.2, -0.15) is 0 Å². The summed E-state index contributed by atoms with van der Waals surface area (Å²) in [6.07, 6.45) is 4.59. The number of nitrogens with zero attached hydrogens (tertiary/aromatic N) is 3. The number of guanidine groups is 1. The molecule has 0 aliphatic rings. The van der Waals surface area contributed by atoms with Gasteiger partial charge >= 0.3 is 0 Å². The van der Waals surface area contributed by atoms with Crippen LogP contribution in [0.1, 0.15) is 15.4 Å². The summed E-state index contributed by atoms with van der Waals surface area (Å²) in [5, 5.41) is 7.67. The standard InChI is InChI=1S/C15H21N5OS/c1-11-8-19-14(22-11)6-7-17-15(16-2)20-10-12-4-5-13(21-3)18-9-12/h4-5,8-9H,6-7,10H2,1-3H3,(H2,16,17,20). The van der Waals surface area contributed by atoms with Crippen LogP contribution >= 0.6 is 11.3 Å². The highest BCUT2D eigenvalue weighted by Gasteiger charge is 2.02. The van der Waals surface area contributed by atoms with Crippen LogP contribution in [0.25, 0.3) is 0 Å². The van der Waals surface area contributed by atoms with Gasteiger partial charge in [0, 0.05) is 49.9 Å². The Balaban J connectivity index is 1.74. The summed E-state index contributed by atoms with van der Waals surface area (Å²) in [7, 11) is 3.37. The summed E-state index contributed by atoms with van der Waals surface area (Å²) in [5.74, 6) is 1.38. The van der Waals surface area contributed by atoms with Gasteiger partial charge in [-0.05, 0) is 12.5 Å². The fraction of sp³-hybridized carbons (Fsp3) is 0.400. The summed E-state index contributed by atoms with van der Waals surface area (Å²) in [6, 6.07) is 3.82. The second-order valence-electron chi connectivity index (χ2n) is 4.68. The number of thiazole rings is 1. The molecule has 0 spiro atoms. The molecule has 2 aromatic heterocycles. The maximum atomic E-state index is 5.04. The molecule has 0 fully saturated rings. The zero-order valence-corrected chi connectivity index (χ0v) is 13.9. The van der Waals surface area contributed by atoms with Crippen LogP contribution in [0.15, 0.2) is 29.5 Å². The highest BCUT2D eigenvalue weighted by molar-refractivity contribution is 7.11. The van der Waals surface area contributed by atoms with Gasteiger partial charge in [0.05, 0.1) is 12.1 Å². The van der Waals surface area contributed by atoms with Crippen molar-refractivity contribution in [1.82, 2.24) is 20.6 Å². The van der Waals surface area contributed by atoms with Crippen LogP contribution in [0.4, 0.5) is 0 Å². The predicted octanol–water partition coefficient (Wildman–Crippen LogP) is 1.76. The summed E-state index contributed by atoms with van der Waals surface area (Å²) >= 11 is 1.73. The second kappa shape index (κ2) is 8.33. The lowest BCUT2D eigenvalue weighted by Crippen LogP contribution is -2.37. The molecule has 0 bridgehead atoms. The Morgan fingerprint density at radius 3 is 2.73 bits per heavy atom. The van der Waals surface area contributed by atoms with Gasteiger partial charge in [0.25, 0.3) is 0 Å². The number of hydrogen-bond donors (Lipinski definition) is 2. The van der Waals surface area contributed by atoms with Crippen LogP contribution in [0.5, 0.6) is 5.88 Å². The molecule has 2 N–H and O–H groups in total. The molecule has 0 aromatic carbocycles. The molecule has 7 heteroatoms. The third-order valence-corrected chi connectivity index (χ3v) is 3.96. The van der Waals surface area contributed by atoms with Crippen LogP contribution in [-0.4, -0.2) is 36.6 Å². The highest BCUT2D eigenvalue weighted by Crippen LogP contribution is 2.10. The lowest BCUT2D eigenvalue weighted by atomic mass is 10.3. The van der Waals surface area contributed by atoms with Gasteiger partial charge in [-0.25, -0.2) is 9.97 Å². The smallest absolute Gasteiger partial charge is 0.212 e. The Bertz CT molecular complexity index is 609. The Morgan fingerprint density at radius 2 is 2.14 bits per heavy atom. The quantitative estimate of drug-likeness (QED) is 0.627. The Hall–Kier alpha value is -2.15. The van der Waals surface area contributed by atoms with Crippen molar-refractivity contribution in [3.8, 4) is 5.88 Å². The van der Waals surface area contributed by atoms with Crippen LogP contribution in [-0.2, 0) is 13.0 Å². The van der Waals surface area contributed by atoms with E-state index in [1.807, 2.05) is 18.3 Å². The van der Waals surface area contributed by atoms with Crippen molar-refractivity contribution in [3.63, 3.8) is 0 Å². The normalized spacial score (nSPS) is 11.3. The minimum atomic E-state index is 0.616. The molecule has 0 aliphatic heterocycles. The third-order valence-electron chi connectivity index (χ3n) is 2.99. The number of pyridine rings is 1.